The number of carbonyl (C=O) groups is 2. The fraction of sp³-hybridized carbons (Fsp3) is 0.636. The van der Waals surface area contributed by atoms with Crippen molar-refractivity contribution >= 4 is 12.0 Å². The monoisotopic (exact) mass is 422 g/mol. The molecule has 5 rings (SSSR count). The van der Waals surface area contributed by atoms with Crippen molar-refractivity contribution in [2.75, 3.05) is 13.7 Å². The summed E-state index contributed by atoms with van der Waals surface area (Å²) in [6.45, 7) is 0.310. The van der Waals surface area contributed by atoms with Gasteiger partial charge in [0, 0.05) is 19.0 Å². The van der Waals surface area contributed by atoms with Crippen molar-refractivity contribution in [1.82, 2.24) is 10.2 Å². The summed E-state index contributed by atoms with van der Waals surface area (Å²) >= 11 is 0. The molecule has 0 radical (unpaired) electrons. The van der Waals surface area contributed by atoms with Crippen molar-refractivity contribution in [2.45, 2.75) is 67.6 Å². The minimum Gasteiger partial charge on any atom is -0.447 e. The van der Waals surface area contributed by atoms with Crippen molar-refractivity contribution in [3.63, 3.8) is 0 Å². The Hall–Kier alpha value is -2.25. The van der Waals surface area contributed by atoms with E-state index in [9.17, 15) is 22.8 Å². The van der Waals surface area contributed by atoms with Crippen LogP contribution in [0.3, 0.4) is 0 Å². The van der Waals surface area contributed by atoms with Crippen LogP contribution in [0, 0.1) is 5.92 Å². The van der Waals surface area contributed by atoms with E-state index in [2.05, 4.69) is 5.32 Å². The Morgan fingerprint density at radius 1 is 1.23 bits per heavy atom. The van der Waals surface area contributed by atoms with Gasteiger partial charge in [0.2, 0.25) is 5.91 Å². The average molecular weight is 422 g/mol. The van der Waals surface area contributed by atoms with Crippen molar-refractivity contribution in [2.24, 2.45) is 5.92 Å². The van der Waals surface area contributed by atoms with Gasteiger partial charge in [0.1, 0.15) is 6.61 Å². The van der Waals surface area contributed by atoms with Crippen LogP contribution >= 0.6 is 0 Å². The minimum absolute atomic E-state index is 0.0109. The van der Waals surface area contributed by atoms with E-state index >= 15 is 0 Å². The second kappa shape index (κ2) is 6.37. The number of nitrogens with zero attached hydrogens (tertiary/aromatic N) is 1. The minimum atomic E-state index is -4.22. The number of cyclic esters (lactones) is 1. The van der Waals surface area contributed by atoms with Gasteiger partial charge in [-0.2, -0.15) is 13.2 Å². The molecule has 0 atom stereocenters. The molecular formula is C22H25F3N2O3. The Labute approximate surface area is 172 Å². The highest BCUT2D eigenvalue weighted by molar-refractivity contribution is 5.81. The first-order chi connectivity index (χ1) is 14.2. The standard InChI is InChI=1S/C22H25F3N2O3/c1-26-18(28)15-10-20(11-15)12-30-19(29)27(20)17-8-14(9-17)13-3-2-4-16(7-13)21(5-6-21)22(23,24)25/h2-4,7,14-15,17H,5-6,8-12H2,1H3,(H,26,28). The molecule has 1 aliphatic heterocycles. The highest BCUT2D eigenvalue weighted by Crippen LogP contribution is 2.59. The van der Waals surface area contributed by atoms with E-state index in [4.69, 9.17) is 4.74 Å². The molecule has 3 saturated carbocycles. The maximum Gasteiger partial charge on any atom is 0.410 e. The number of carbonyl (C=O) groups excluding carboxylic acids is 2. The molecule has 4 aliphatic rings. The van der Waals surface area contributed by atoms with Gasteiger partial charge in [-0.15, -0.1) is 0 Å². The lowest BCUT2D eigenvalue weighted by Crippen LogP contribution is -2.63. The van der Waals surface area contributed by atoms with E-state index in [0.29, 0.717) is 37.9 Å². The summed E-state index contributed by atoms with van der Waals surface area (Å²) in [4.78, 5) is 26.1. The molecule has 162 valence electrons. The molecule has 1 N–H and O–H groups in total. The van der Waals surface area contributed by atoms with Crippen LogP contribution in [-0.4, -0.2) is 48.3 Å². The Bertz CT molecular complexity index is 884. The normalized spacial score (nSPS) is 34.2. The first-order valence-corrected chi connectivity index (χ1v) is 10.5. The van der Waals surface area contributed by atoms with E-state index < -0.39 is 17.1 Å². The predicted octanol–water partition coefficient (Wildman–Crippen LogP) is 3.87. The van der Waals surface area contributed by atoms with Crippen LogP contribution in [0.4, 0.5) is 18.0 Å². The van der Waals surface area contributed by atoms with Gasteiger partial charge >= 0.3 is 12.3 Å². The molecule has 3 aliphatic carbocycles. The van der Waals surface area contributed by atoms with Gasteiger partial charge in [-0.05, 0) is 55.6 Å². The van der Waals surface area contributed by atoms with Crippen LogP contribution in [-0.2, 0) is 14.9 Å². The van der Waals surface area contributed by atoms with E-state index in [0.717, 1.165) is 5.56 Å². The number of hydrogen-bond acceptors (Lipinski definition) is 3. The molecule has 5 nitrogen and oxygen atoms in total. The van der Waals surface area contributed by atoms with E-state index in [1.165, 1.54) is 0 Å². The van der Waals surface area contributed by atoms with Crippen LogP contribution in [0.25, 0.3) is 0 Å². The van der Waals surface area contributed by atoms with Gasteiger partial charge in [0.05, 0.1) is 11.0 Å². The number of benzene rings is 1. The summed E-state index contributed by atoms with van der Waals surface area (Å²) in [6, 6.07) is 6.91. The lowest BCUT2D eigenvalue weighted by atomic mass is 9.65. The lowest BCUT2D eigenvalue weighted by molar-refractivity contribution is -0.160. The van der Waals surface area contributed by atoms with Crippen molar-refractivity contribution in [3.8, 4) is 0 Å². The summed E-state index contributed by atoms with van der Waals surface area (Å²) in [5.41, 5.74) is -0.797. The maximum atomic E-state index is 13.5. The maximum absolute atomic E-state index is 13.5. The van der Waals surface area contributed by atoms with Crippen LogP contribution in [0.2, 0.25) is 0 Å². The largest absolute Gasteiger partial charge is 0.447 e. The SMILES string of the molecule is CNC(=O)C1CC2(COC(=O)N2C2CC(c3cccc(C4(C(F)(F)F)CC4)c3)C2)C1. The molecular weight excluding hydrogens is 397 g/mol. The van der Waals surface area contributed by atoms with Gasteiger partial charge in [-0.25, -0.2) is 4.79 Å². The van der Waals surface area contributed by atoms with Gasteiger partial charge < -0.3 is 10.1 Å². The highest BCUT2D eigenvalue weighted by Gasteiger charge is 2.64. The molecule has 8 heteroatoms. The number of hydrogen-bond donors (Lipinski definition) is 1. The molecule has 4 fully saturated rings. The van der Waals surface area contributed by atoms with E-state index in [1.807, 2.05) is 11.0 Å². The average Bonchev–Trinajstić information content (AvgIpc) is 3.40. The fourth-order valence-electron chi connectivity index (χ4n) is 5.65. The summed E-state index contributed by atoms with van der Waals surface area (Å²) in [5.74, 6) is 0.0257. The Morgan fingerprint density at radius 3 is 2.53 bits per heavy atom. The Balaban J connectivity index is 1.27. The van der Waals surface area contributed by atoms with Gasteiger partial charge in [-0.1, -0.05) is 24.3 Å². The first-order valence-electron chi connectivity index (χ1n) is 10.5. The third-order valence-electron chi connectivity index (χ3n) is 7.72. The third-order valence-corrected chi connectivity index (χ3v) is 7.72. The summed E-state index contributed by atoms with van der Waals surface area (Å²) in [5, 5.41) is 2.65. The quantitative estimate of drug-likeness (QED) is 0.801. The highest BCUT2D eigenvalue weighted by atomic mass is 19.4. The zero-order valence-electron chi connectivity index (χ0n) is 16.8. The lowest BCUT2D eigenvalue weighted by Gasteiger charge is -2.53. The molecule has 1 saturated heterocycles. The molecule has 0 aromatic heterocycles. The van der Waals surface area contributed by atoms with Gasteiger partial charge in [0.25, 0.3) is 0 Å². The molecule has 1 heterocycles. The van der Waals surface area contributed by atoms with Crippen LogP contribution < -0.4 is 5.32 Å². The number of halogens is 3. The number of ether oxygens (including phenoxy) is 1. The Morgan fingerprint density at radius 2 is 1.93 bits per heavy atom. The van der Waals surface area contributed by atoms with Gasteiger partial charge in [0.15, 0.2) is 0 Å². The number of nitrogens with one attached hydrogen (secondary N) is 1. The summed E-state index contributed by atoms with van der Waals surface area (Å²) in [6.07, 6.45) is -1.62. The molecule has 0 unspecified atom stereocenters. The Kier molecular flexibility index (Phi) is 4.19. The summed E-state index contributed by atoms with van der Waals surface area (Å²) < 4.78 is 45.8. The number of alkyl halides is 3. The molecule has 2 amide bonds. The van der Waals surface area contributed by atoms with Crippen molar-refractivity contribution in [1.29, 1.82) is 0 Å². The molecule has 30 heavy (non-hydrogen) atoms. The van der Waals surface area contributed by atoms with Crippen LogP contribution in [0.5, 0.6) is 0 Å². The second-order valence-corrected chi connectivity index (χ2v) is 9.40. The molecule has 0 bridgehead atoms. The van der Waals surface area contributed by atoms with Crippen molar-refractivity contribution < 1.29 is 27.5 Å². The fourth-order valence-corrected chi connectivity index (χ4v) is 5.65. The molecule has 1 aromatic carbocycles. The zero-order chi connectivity index (χ0) is 21.3. The van der Waals surface area contributed by atoms with E-state index in [1.54, 1.807) is 25.2 Å². The first kappa shape index (κ1) is 19.7. The smallest absolute Gasteiger partial charge is 0.410 e. The summed E-state index contributed by atoms with van der Waals surface area (Å²) in [7, 11) is 1.61. The third kappa shape index (κ3) is 2.75. The van der Waals surface area contributed by atoms with Crippen LogP contribution in [0.1, 0.15) is 55.6 Å². The topological polar surface area (TPSA) is 58.6 Å². The zero-order valence-corrected chi connectivity index (χ0v) is 16.8. The van der Waals surface area contributed by atoms with Gasteiger partial charge in [-0.3, -0.25) is 9.69 Å². The predicted molar refractivity (Wildman–Crippen MR) is 102 cm³/mol. The van der Waals surface area contributed by atoms with Crippen LogP contribution in [0.15, 0.2) is 24.3 Å². The van der Waals surface area contributed by atoms with Crippen molar-refractivity contribution in [3.05, 3.63) is 35.4 Å². The number of rotatable bonds is 4. The number of amides is 2. The molecule has 1 spiro atoms. The second-order valence-electron chi connectivity index (χ2n) is 9.40. The van der Waals surface area contributed by atoms with E-state index in [-0.39, 0.29) is 42.7 Å². The molecule has 1 aromatic rings.